The van der Waals surface area contributed by atoms with Gasteiger partial charge in [-0.3, -0.25) is 4.79 Å². The fourth-order valence-electron chi connectivity index (χ4n) is 3.62. The minimum absolute atomic E-state index is 0.179. The predicted octanol–water partition coefficient (Wildman–Crippen LogP) is 2.50. The van der Waals surface area contributed by atoms with Crippen LogP contribution in [0, 0.1) is 17.2 Å². The van der Waals surface area contributed by atoms with Gasteiger partial charge in [-0.15, -0.1) is 11.3 Å². The first-order chi connectivity index (χ1) is 11.9. The number of carbonyl (C=O) groups excluding carboxylic acids is 1. The normalized spacial score (nSPS) is 21.8. The van der Waals surface area contributed by atoms with Crippen molar-refractivity contribution in [2.45, 2.75) is 44.9 Å². The zero-order valence-corrected chi connectivity index (χ0v) is 16.0. The highest BCUT2D eigenvalue weighted by molar-refractivity contribution is 7.88. The molecule has 1 saturated heterocycles. The van der Waals surface area contributed by atoms with Crippen molar-refractivity contribution in [3.05, 3.63) is 16.0 Å². The molecule has 3 rings (SSSR count). The van der Waals surface area contributed by atoms with Crippen molar-refractivity contribution in [2.24, 2.45) is 5.92 Å². The molecule has 0 radical (unpaired) electrons. The summed E-state index contributed by atoms with van der Waals surface area (Å²) in [5.41, 5.74) is 1.70. The molecule has 0 spiro atoms. The van der Waals surface area contributed by atoms with E-state index in [1.165, 1.54) is 33.2 Å². The van der Waals surface area contributed by atoms with E-state index < -0.39 is 10.0 Å². The Labute approximate surface area is 152 Å². The second kappa shape index (κ2) is 7.44. The van der Waals surface area contributed by atoms with Crippen molar-refractivity contribution in [3.63, 3.8) is 0 Å². The fraction of sp³-hybridized carbons (Fsp3) is 0.647. The van der Waals surface area contributed by atoms with Crippen LogP contribution in [-0.2, 0) is 27.7 Å². The second-order valence-electron chi connectivity index (χ2n) is 6.83. The average molecular weight is 382 g/mol. The van der Waals surface area contributed by atoms with Crippen molar-refractivity contribution in [1.29, 1.82) is 5.26 Å². The molecule has 1 fully saturated rings. The third-order valence-electron chi connectivity index (χ3n) is 4.99. The summed E-state index contributed by atoms with van der Waals surface area (Å²) in [6, 6.07) is 2.26. The molecular weight excluding hydrogens is 358 g/mol. The first-order valence-electron chi connectivity index (χ1n) is 8.70. The van der Waals surface area contributed by atoms with Gasteiger partial charge >= 0.3 is 0 Å². The number of carbonyl (C=O) groups is 1. The van der Waals surface area contributed by atoms with E-state index in [1.54, 1.807) is 0 Å². The fourth-order valence-corrected chi connectivity index (χ4v) is 5.77. The second-order valence-corrected chi connectivity index (χ2v) is 9.92. The maximum absolute atomic E-state index is 12.7. The third kappa shape index (κ3) is 4.05. The number of anilines is 1. The highest BCUT2D eigenvalue weighted by Gasteiger charge is 2.31. The Hall–Kier alpha value is -1.43. The van der Waals surface area contributed by atoms with Crippen LogP contribution < -0.4 is 5.32 Å². The van der Waals surface area contributed by atoms with Gasteiger partial charge in [-0.05, 0) is 44.1 Å². The molecule has 1 aromatic rings. The minimum Gasteiger partial charge on any atom is -0.316 e. The van der Waals surface area contributed by atoms with Crippen molar-refractivity contribution in [2.75, 3.05) is 24.7 Å². The Morgan fingerprint density at radius 1 is 1.28 bits per heavy atom. The number of thiophene rings is 1. The minimum atomic E-state index is -3.28. The van der Waals surface area contributed by atoms with Gasteiger partial charge in [0, 0.05) is 18.0 Å². The van der Waals surface area contributed by atoms with E-state index in [0.29, 0.717) is 30.0 Å². The summed E-state index contributed by atoms with van der Waals surface area (Å²) in [5.74, 6) is -0.543. The third-order valence-corrected chi connectivity index (χ3v) is 7.47. The molecule has 1 aliphatic heterocycles. The van der Waals surface area contributed by atoms with Gasteiger partial charge in [0.05, 0.1) is 17.7 Å². The molecule has 1 unspecified atom stereocenters. The summed E-state index contributed by atoms with van der Waals surface area (Å²) in [7, 11) is -3.28. The molecule has 6 nitrogen and oxygen atoms in total. The smallest absolute Gasteiger partial charge is 0.229 e. The number of fused-ring (bicyclic) bond motifs is 1. The number of nitrogens with one attached hydrogen (secondary N) is 1. The quantitative estimate of drug-likeness (QED) is 0.815. The van der Waals surface area contributed by atoms with Gasteiger partial charge in [0.15, 0.2) is 0 Å². The number of hydrogen-bond acceptors (Lipinski definition) is 5. The first-order valence-corrected chi connectivity index (χ1v) is 11.4. The molecule has 1 amide bonds. The molecule has 1 aliphatic carbocycles. The van der Waals surface area contributed by atoms with Gasteiger partial charge in [-0.25, -0.2) is 12.7 Å². The van der Waals surface area contributed by atoms with Crippen LogP contribution in [0.4, 0.5) is 5.00 Å². The molecule has 25 heavy (non-hydrogen) atoms. The molecule has 1 atom stereocenters. The Morgan fingerprint density at radius 2 is 2.04 bits per heavy atom. The van der Waals surface area contributed by atoms with E-state index in [1.807, 2.05) is 0 Å². The van der Waals surface area contributed by atoms with Crippen LogP contribution in [0.5, 0.6) is 0 Å². The van der Waals surface area contributed by atoms with Gasteiger partial charge in [0.25, 0.3) is 0 Å². The summed E-state index contributed by atoms with van der Waals surface area (Å²) >= 11 is 1.51. The number of hydrogen-bond donors (Lipinski definition) is 1. The number of nitrogens with zero attached hydrogens (tertiary/aromatic N) is 2. The first kappa shape index (κ1) is 18.4. The molecular formula is C17H23N3O3S2. The Kier molecular flexibility index (Phi) is 5.46. The van der Waals surface area contributed by atoms with Crippen molar-refractivity contribution >= 4 is 32.3 Å². The zero-order chi connectivity index (χ0) is 18.0. The van der Waals surface area contributed by atoms with E-state index in [-0.39, 0.29) is 18.4 Å². The van der Waals surface area contributed by atoms with Crippen molar-refractivity contribution < 1.29 is 13.2 Å². The molecule has 136 valence electrons. The summed E-state index contributed by atoms with van der Waals surface area (Å²) < 4.78 is 24.8. The SMILES string of the molecule is CS(=O)(=O)N1CCCC(C(=O)Nc2sc3c(c2C#N)CCCCC3)C1. The topological polar surface area (TPSA) is 90.3 Å². The van der Waals surface area contributed by atoms with Crippen LogP contribution in [0.2, 0.25) is 0 Å². The molecule has 0 saturated carbocycles. The monoisotopic (exact) mass is 381 g/mol. The number of aryl methyl sites for hydroxylation is 1. The van der Waals surface area contributed by atoms with Gasteiger partial charge < -0.3 is 5.32 Å². The van der Waals surface area contributed by atoms with E-state index in [9.17, 15) is 18.5 Å². The average Bonchev–Trinajstić information content (AvgIpc) is 2.74. The van der Waals surface area contributed by atoms with Crippen LogP contribution in [0.15, 0.2) is 0 Å². The van der Waals surface area contributed by atoms with Gasteiger partial charge in [-0.1, -0.05) is 6.42 Å². The molecule has 1 aromatic heterocycles. The lowest BCUT2D eigenvalue weighted by atomic mass is 9.98. The molecule has 1 N–H and O–H groups in total. The van der Waals surface area contributed by atoms with Crippen LogP contribution in [0.1, 0.15) is 48.1 Å². The number of rotatable bonds is 3. The van der Waals surface area contributed by atoms with Gasteiger partial charge in [0.2, 0.25) is 15.9 Å². The highest BCUT2D eigenvalue weighted by Crippen LogP contribution is 2.37. The lowest BCUT2D eigenvalue weighted by molar-refractivity contribution is -0.120. The predicted molar refractivity (Wildman–Crippen MR) is 98.1 cm³/mol. The number of piperidine rings is 1. The lowest BCUT2D eigenvalue weighted by Crippen LogP contribution is -2.43. The van der Waals surface area contributed by atoms with E-state index in [2.05, 4.69) is 11.4 Å². The summed E-state index contributed by atoms with van der Waals surface area (Å²) in [5, 5.41) is 13.1. The Morgan fingerprint density at radius 3 is 2.76 bits per heavy atom. The Balaban J connectivity index is 1.76. The number of nitriles is 1. The van der Waals surface area contributed by atoms with Crippen molar-refractivity contribution in [3.8, 4) is 6.07 Å². The summed E-state index contributed by atoms with van der Waals surface area (Å²) in [4.78, 5) is 13.9. The highest BCUT2D eigenvalue weighted by atomic mass is 32.2. The van der Waals surface area contributed by atoms with E-state index >= 15 is 0 Å². The largest absolute Gasteiger partial charge is 0.316 e. The molecule has 2 aliphatic rings. The van der Waals surface area contributed by atoms with Crippen LogP contribution in [-0.4, -0.2) is 38.0 Å². The lowest BCUT2D eigenvalue weighted by Gasteiger charge is -2.29. The van der Waals surface area contributed by atoms with Gasteiger partial charge in [-0.2, -0.15) is 5.26 Å². The standard InChI is InChI=1S/C17H23N3O3S2/c1-25(22,23)20-9-5-6-12(11-20)16(21)19-17-14(10-18)13-7-3-2-4-8-15(13)24-17/h12H,2-9,11H2,1H3,(H,19,21). The van der Waals surface area contributed by atoms with Crippen LogP contribution >= 0.6 is 11.3 Å². The Bertz CT molecular complexity index is 808. The van der Waals surface area contributed by atoms with E-state index in [4.69, 9.17) is 0 Å². The van der Waals surface area contributed by atoms with Crippen molar-refractivity contribution in [1.82, 2.24) is 4.31 Å². The van der Waals surface area contributed by atoms with Crippen LogP contribution in [0.25, 0.3) is 0 Å². The van der Waals surface area contributed by atoms with E-state index in [0.717, 1.165) is 31.2 Å². The number of amides is 1. The van der Waals surface area contributed by atoms with Gasteiger partial charge in [0.1, 0.15) is 11.1 Å². The summed E-state index contributed by atoms with van der Waals surface area (Å²) in [6.45, 7) is 0.691. The molecule has 0 aromatic carbocycles. The summed E-state index contributed by atoms with van der Waals surface area (Å²) in [6.07, 6.45) is 7.78. The molecule has 0 bridgehead atoms. The zero-order valence-electron chi connectivity index (χ0n) is 14.4. The number of sulfonamides is 1. The maximum atomic E-state index is 12.7. The van der Waals surface area contributed by atoms with Crippen LogP contribution in [0.3, 0.4) is 0 Å². The molecule has 8 heteroatoms. The molecule has 2 heterocycles. The maximum Gasteiger partial charge on any atom is 0.229 e.